The van der Waals surface area contributed by atoms with E-state index in [1.807, 2.05) is 6.07 Å². The van der Waals surface area contributed by atoms with Gasteiger partial charge in [0.1, 0.15) is 5.82 Å². The number of benzene rings is 2. The lowest BCUT2D eigenvalue weighted by atomic mass is 9.78. The number of halogens is 1. The van der Waals surface area contributed by atoms with Crippen molar-refractivity contribution in [2.75, 3.05) is 6.61 Å². The first-order valence-corrected chi connectivity index (χ1v) is 7.71. The average Bonchev–Trinajstić information content (AvgIpc) is 2.62. The predicted octanol–water partition coefficient (Wildman–Crippen LogP) is 4.39. The number of aliphatic hydroxyl groups excluding tert-OH is 1. The van der Waals surface area contributed by atoms with E-state index in [0.29, 0.717) is 0 Å². The molecule has 21 heavy (non-hydrogen) atoms. The fourth-order valence-electron chi connectivity index (χ4n) is 3.77. The molecule has 0 heterocycles. The highest BCUT2D eigenvalue weighted by molar-refractivity contribution is 5.45. The van der Waals surface area contributed by atoms with Crippen molar-refractivity contribution < 1.29 is 9.50 Å². The Balaban J connectivity index is 2.19. The Bertz CT molecular complexity index is 635. The van der Waals surface area contributed by atoms with Crippen LogP contribution in [0.15, 0.2) is 42.5 Å². The molecule has 110 valence electrons. The molecule has 0 aromatic heterocycles. The van der Waals surface area contributed by atoms with Crippen molar-refractivity contribution in [1.82, 2.24) is 0 Å². The Morgan fingerprint density at radius 2 is 1.81 bits per heavy atom. The molecular weight excluding hydrogens is 263 g/mol. The van der Waals surface area contributed by atoms with Gasteiger partial charge in [-0.05, 0) is 65.5 Å². The Morgan fingerprint density at radius 1 is 1.05 bits per heavy atom. The topological polar surface area (TPSA) is 20.2 Å². The average molecular weight is 284 g/mol. The lowest BCUT2D eigenvalue weighted by molar-refractivity contribution is 0.266. The van der Waals surface area contributed by atoms with E-state index in [9.17, 15) is 9.50 Å². The third kappa shape index (κ3) is 2.60. The molecule has 0 spiro atoms. The lowest BCUT2D eigenvalue weighted by Gasteiger charge is -2.26. The quantitative estimate of drug-likeness (QED) is 0.886. The zero-order chi connectivity index (χ0) is 14.8. The normalized spacial score (nSPS) is 20.5. The van der Waals surface area contributed by atoms with Gasteiger partial charge in [-0.3, -0.25) is 0 Å². The molecule has 3 rings (SSSR count). The third-order valence-electron chi connectivity index (χ3n) is 4.71. The minimum Gasteiger partial charge on any atom is -0.396 e. The smallest absolute Gasteiger partial charge is 0.123 e. The maximum atomic E-state index is 13.7. The second-order valence-electron chi connectivity index (χ2n) is 5.85. The van der Waals surface area contributed by atoms with E-state index in [0.717, 1.165) is 24.8 Å². The summed E-state index contributed by atoms with van der Waals surface area (Å²) in [4.78, 5) is 0. The molecule has 1 unspecified atom stereocenters. The number of hydrogen-bond donors (Lipinski definition) is 1. The molecular formula is C19H21FO. The Morgan fingerprint density at radius 3 is 2.57 bits per heavy atom. The van der Waals surface area contributed by atoms with Gasteiger partial charge < -0.3 is 5.11 Å². The summed E-state index contributed by atoms with van der Waals surface area (Å²) < 4.78 is 13.7. The molecule has 2 atom stereocenters. The van der Waals surface area contributed by atoms with Gasteiger partial charge in [-0.25, -0.2) is 4.39 Å². The van der Waals surface area contributed by atoms with Crippen LogP contribution < -0.4 is 0 Å². The monoisotopic (exact) mass is 284 g/mol. The van der Waals surface area contributed by atoms with Crippen molar-refractivity contribution in [2.45, 2.75) is 38.0 Å². The molecule has 1 N–H and O–H groups in total. The first-order valence-electron chi connectivity index (χ1n) is 7.71. The van der Waals surface area contributed by atoms with Crippen molar-refractivity contribution in [2.24, 2.45) is 0 Å². The van der Waals surface area contributed by atoms with E-state index in [1.54, 1.807) is 12.1 Å². The highest BCUT2D eigenvalue weighted by atomic mass is 19.1. The maximum absolute atomic E-state index is 13.7. The van der Waals surface area contributed by atoms with Crippen LogP contribution in [0.2, 0.25) is 0 Å². The first-order chi connectivity index (χ1) is 10.2. The third-order valence-corrected chi connectivity index (χ3v) is 4.71. The first kappa shape index (κ1) is 14.3. The SMILES string of the molecule is CCC1c2cc(F)ccc2Cc2ccccc2[C@H]1CCO. The minimum atomic E-state index is -0.166. The highest BCUT2D eigenvalue weighted by Gasteiger charge is 2.29. The summed E-state index contributed by atoms with van der Waals surface area (Å²) in [6, 6.07) is 13.6. The summed E-state index contributed by atoms with van der Waals surface area (Å²) >= 11 is 0. The van der Waals surface area contributed by atoms with Gasteiger partial charge >= 0.3 is 0 Å². The number of aliphatic hydroxyl groups is 1. The number of rotatable bonds is 3. The van der Waals surface area contributed by atoms with Crippen LogP contribution >= 0.6 is 0 Å². The summed E-state index contributed by atoms with van der Waals surface area (Å²) in [5.41, 5.74) is 4.96. The summed E-state index contributed by atoms with van der Waals surface area (Å²) in [6.45, 7) is 2.32. The van der Waals surface area contributed by atoms with Crippen LogP contribution in [0.3, 0.4) is 0 Å². The number of fused-ring (bicyclic) bond motifs is 2. The van der Waals surface area contributed by atoms with Crippen LogP contribution in [0.25, 0.3) is 0 Å². The van der Waals surface area contributed by atoms with Gasteiger partial charge in [0.05, 0.1) is 0 Å². The number of hydrogen-bond acceptors (Lipinski definition) is 1. The fraction of sp³-hybridized carbons (Fsp3) is 0.368. The van der Waals surface area contributed by atoms with Crippen LogP contribution in [0.5, 0.6) is 0 Å². The van der Waals surface area contributed by atoms with Gasteiger partial charge in [-0.15, -0.1) is 0 Å². The summed E-state index contributed by atoms with van der Waals surface area (Å²) in [5.74, 6) is 0.367. The zero-order valence-electron chi connectivity index (χ0n) is 12.3. The van der Waals surface area contributed by atoms with Crippen molar-refractivity contribution in [1.29, 1.82) is 0 Å². The second kappa shape index (κ2) is 5.98. The molecule has 0 bridgehead atoms. The zero-order valence-corrected chi connectivity index (χ0v) is 12.3. The van der Waals surface area contributed by atoms with Gasteiger partial charge in [-0.2, -0.15) is 0 Å². The highest BCUT2D eigenvalue weighted by Crippen LogP contribution is 2.44. The van der Waals surface area contributed by atoms with Crippen molar-refractivity contribution >= 4 is 0 Å². The van der Waals surface area contributed by atoms with E-state index in [-0.39, 0.29) is 24.3 Å². The van der Waals surface area contributed by atoms with Crippen LogP contribution in [0, 0.1) is 5.82 Å². The van der Waals surface area contributed by atoms with E-state index in [1.165, 1.54) is 16.7 Å². The molecule has 1 aliphatic rings. The summed E-state index contributed by atoms with van der Waals surface area (Å²) in [5, 5.41) is 9.48. The second-order valence-corrected chi connectivity index (χ2v) is 5.85. The molecule has 0 saturated heterocycles. The van der Waals surface area contributed by atoms with E-state index in [4.69, 9.17) is 0 Å². The summed E-state index contributed by atoms with van der Waals surface area (Å²) in [6.07, 6.45) is 2.53. The van der Waals surface area contributed by atoms with Crippen LogP contribution in [-0.4, -0.2) is 11.7 Å². The molecule has 0 amide bonds. The van der Waals surface area contributed by atoms with Gasteiger partial charge in [-0.1, -0.05) is 37.3 Å². The molecule has 1 nitrogen and oxygen atoms in total. The molecule has 1 aliphatic carbocycles. The molecule has 2 aromatic rings. The van der Waals surface area contributed by atoms with E-state index < -0.39 is 0 Å². The Hall–Kier alpha value is -1.67. The Labute approximate surface area is 125 Å². The molecule has 2 heteroatoms. The summed E-state index contributed by atoms with van der Waals surface area (Å²) in [7, 11) is 0. The molecule has 0 saturated carbocycles. The molecule has 2 aromatic carbocycles. The van der Waals surface area contributed by atoms with E-state index in [2.05, 4.69) is 31.2 Å². The molecule has 0 aliphatic heterocycles. The minimum absolute atomic E-state index is 0.166. The predicted molar refractivity (Wildman–Crippen MR) is 83.1 cm³/mol. The maximum Gasteiger partial charge on any atom is 0.123 e. The van der Waals surface area contributed by atoms with Gasteiger partial charge in [0.25, 0.3) is 0 Å². The van der Waals surface area contributed by atoms with Crippen molar-refractivity contribution in [3.63, 3.8) is 0 Å². The van der Waals surface area contributed by atoms with Crippen LogP contribution in [0.4, 0.5) is 4.39 Å². The standard InChI is InChI=1S/C19H21FO/c1-2-16-18(9-10-21)17-6-4-3-5-13(17)11-14-7-8-15(20)12-19(14)16/h3-8,12,16,18,21H,2,9-11H2,1H3/t16?,18-/m0/s1. The van der Waals surface area contributed by atoms with Crippen molar-refractivity contribution in [3.8, 4) is 0 Å². The van der Waals surface area contributed by atoms with Crippen LogP contribution in [-0.2, 0) is 6.42 Å². The van der Waals surface area contributed by atoms with E-state index >= 15 is 0 Å². The van der Waals surface area contributed by atoms with Gasteiger partial charge in [0.15, 0.2) is 0 Å². The molecule has 0 radical (unpaired) electrons. The Kier molecular flexibility index (Phi) is 4.07. The molecule has 0 fully saturated rings. The van der Waals surface area contributed by atoms with Crippen molar-refractivity contribution in [3.05, 3.63) is 70.5 Å². The fourth-order valence-corrected chi connectivity index (χ4v) is 3.77. The lowest BCUT2D eigenvalue weighted by Crippen LogP contribution is -2.13. The van der Waals surface area contributed by atoms with Gasteiger partial charge in [0, 0.05) is 6.61 Å². The van der Waals surface area contributed by atoms with Crippen LogP contribution in [0.1, 0.15) is 53.9 Å². The van der Waals surface area contributed by atoms with Gasteiger partial charge in [0.2, 0.25) is 0 Å². The largest absolute Gasteiger partial charge is 0.396 e.